The van der Waals surface area contributed by atoms with Gasteiger partial charge in [0.15, 0.2) is 61.1 Å². The molecule has 2 atom stereocenters. The minimum absolute atomic E-state index is 0.129. The van der Waals surface area contributed by atoms with Crippen LogP contribution in [0.5, 0.6) is 11.5 Å². The summed E-state index contributed by atoms with van der Waals surface area (Å²) in [5.74, 6) is -13.8. The number of ether oxygens (including phenoxy) is 2. The molecule has 0 aliphatic heterocycles. The Morgan fingerprint density at radius 2 is 1.30 bits per heavy atom. The van der Waals surface area contributed by atoms with Gasteiger partial charge in [-0.1, -0.05) is 0 Å². The Morgan fingerprint density at radius 1 is 0.795 bits per heavy atom. The highest BCUT2D eigenvalue weighted by atomic mass is 32.2. The molecule has 6 nitrogen and oxygen atoms in total. The summed E-state index contributed by atoms with van der Waals surface area (Å²) in [6.07, 6.45) is 2.45. The minimum Gasteiger partial charge on any atom is -0.545 e. The summed E-state index contributed by atoms with van der Waals surface area (Å²) >= 11 is 0. The molecule has 3 aromatic carbocycles. The van der Waals surface area contributed by atoms with E-state index in [-0.39, 0.29) is 47.9 Å². The number of rotatable bonds is 7. The highest BCUT2D eigenvalue weighted by Gasteiger charge is 2.59. The fraction of sp³-hybridized carbons (Fsp3) is 0.323. The number of carbonyl (C=O) groups excluding carboxylic acids is 3. The summed E-state index contributed by atoms with van der Waals surface area (Å²) in [6.45, 7) is 0. The van der Waals surface area contributed by atoms with Gasteiger partial charge in [0.2, 0.25) is 0 Å². The summed E-state index contributed by atoms with van der Waals surface area (Å²) < 4.78 is 96.5. The molecular formula is C31H22F6O6S. The van der Waals surface area contributed by atoms with Crippen molar-refractivity contribution in [2.45, 2.75) is 46.8 Å². The maximum atomic E-state index is 14.4. The SMILES string of the molecule is COc1cc(C(=O)[O-])c([S+](c2cc(F)c(F)c(F)c2)c2cc(F)c(F)c(F)c2)cc1OC(=O)C12CC3CC(C1)C(=O)C(C3)C2. The van der Waals surface area contributed by atoms with Gasteiger partial charge in [0.05, 0.1) is 24.1 Å². The van der Waals surface area contributed by atoms with Gasteiger partial charge in [-0.3, -0.25) is 9.59 Å². The standard InChI is InChI=1S/C31H22F6O6S/c1-42-23-8-18(29(39)40)25(9-24(23)43-30(41)31-10-13-2-14(11-31)28(38)15(3-13)12-31)44(16-4-19(32)26(36)20(33)5-16)17-6-21(34)27(37)22(35)7-17/h4-9,13-15H,2-3,10-12H2,1H3. The number of aromatic carboxylic acids is 1. The molecule has 4 bridgehead atoms. The van der Waals surface area contributed by atoms with Crippen molar-refractivity contribution in [1.82, 2.24) is 0 Å². The summed E-state index contributed by atoms with van der Waals surface area (Å²) in [5, 5.41) is 12.3. The second-order valence-corrected chi connectivity index (χ2v) is 13.4. The molecule has 4 aliphatic carbocycles. The third-order valence-corrected chi connectivity index (χ3v) is 10.9. The zero-order chi connectivity index (χ0) is 31.7. The molecule has 4 fully saturated rings. The van der Waals surface area contributed by atoms with Crippen molar-refractivity contribution < 1.29 is 55.3 Å². The van der Waals surface area contributed by atoms with Gasteiger partial charge in [-0.2, -0.15) is 0 Å². The van der Waals surface area contributed by atoms with E-state index in [9.17, 15) is 45.8 Å². The summed E-state index contributed by atoms with van der Waals surface area (Å²) in [7, 11) is -1.00. The van der Waals surface area contributed by atoms with Crippen molar-refractivity contribution >= 4 is 28.6 Å². The first-order valence-electron chi connectivity index (χ1n) is 13.5. The number of Topliss-reactive ketones (excluding diaryl/α,β-unsaturated/α-hetero) is 1. The van der Waals surface area contributed by atoms with Crippen LogP contribution in [-0.2, 0) is 20.5 Å². The number of hydrogen-bond acceptors (Lipinski definition) is 6. The van der Waals surface area contributed by atoms with Gasteiger partial charge in [-0.05, 0) is 44.1 Å². The molecule has 0 saturated heterocycles. The van der Waals surface area contributed by atoms with Crippen molar-refractivity contribution in [2.24, 2.45) is 23.2 Å². The van der Waals surface area contributed by atoms with E-state index in [0.717, 1.165) is 19.2 Å². The van der Waals surface area contributed by atoms with Gasteiger partial charge in [-0.25, -0.2) is 26.3 Å². The normalized spacial score (nSPS) is 23.7. The van der Waals surface area contributed by atoms with Crippen molar-refractivity contribution in [1.29, 1.82) is 0 Å². The van der Waals surface area contributed by atoms with Crippen LogP contribution in [-0.4, -0.2) is 24.8 Å². The van der Waals surface area contributed by atoms with Crippen LogP contribution in [0.1, 0.15) is 42.5 Å². The minimum atomic E-state index is -2.16. The Labute approximate surface area is 249 Å². The quantitative estimate of drug-likeness (QED) is 0.115. The van der Waals surface area contributed by atoms with Crippen molar-refractivity contribution in [3.8, 4) is 11.5 Å². The number of halogens is 6. The molecule has 0 N–H and O–H groups in total. The molecule has 3 aromatic rings. The van der Waals surface area contributed by atoms with E-state index in [2.05, 4.69) is 0 Å². The Hall–Kier alpha value is -4.00. The second-order valence-electron chi connectivity index (χ2n) is 11.4. The molecule has 13 heteroatoms. The lowest BCUT2D eigenvalue weighted by Gasteiger charge is -2.53. The first-order valence-corrected chi connectivity index (χ1v) is 14.8. The molecule has 0 amide bonds. The van der Waals surface area contributed by atoms with Gasteiger partial charge >= 0.3 is 5.97 Å². The first-order chi connectivity index (χ1) is 20.8. The third kappa shape index (κ3) is 4.90. The molecule has 0 heterocycles. The van der Waals surface area contributed by atoms with Gasteiger partial charge in [-0.15, -0.1) is 0 Å². The van der Waals surface area contributed by atoms with Crippen LogP contribution < -0.4 is 14.6 Å². The van der Waals surface area contributed by atoms with Crippen molar-refractivity contribution in [3.05, 3.63) is 76.9 Å². The zero-order valence-electron chi connectivity index (χ0n) is 22.9. The summed E-state index contributed by atoms with van der Waals surface area (Å²) in [5.41, 5.74) is -1.66. The maximum absolute atomic E-state index is 14.4. The highest BCUT2D eigenvalue weighted by molar-refractivity contribution is 7.97. The molecule has 7 rings (SSSR count). The number of benzene rings is 3. The number of methoxy groups -OCH3 is 1. The van der Waals surface area contributed by atoms with Gasteiger partial charge in [0.1, 0.15) is 16.7 Å². The van der Waals surface area contributed by atoms with E-state index >= 15 is 0 Å². The van der Waals surface area contributed by atoms with Gasteiger partial charge in [0.25, 0.3) is 0 Å². The number of carboxylic acids is 1. The predicted molar refractivity (Wildman–Crippen MR) is 139 cm³/mol. The topological polar surface area (TPSA) is 92.7 Å². The Kier molecular flexibility index (Phi) is 7.42. The van der Waals surface area contributed by atoms with Crippen LogP contribution in [0.25, 0.3) is 0 Å². The smallest absolute Gasteiger partial charge is 0.317 e. The largest absolute Gasteiger partial charge is 0.545 e. The number of hydrogen-bond donors (Lipinski definition) is 0. The van der Waals surface area contributed by atoms with Gasteiger partial charge < -0.3 is 19.4 Å². The number of carbonyl (C=O) groups is 3. The van der Waals surface area contributed by atoms with Crippen LogP contribution in [0.4, 0.5) is 26.3 Å². The lowest BCUT2D eigenvalue weighted by Crippen LogP contribution is -2.55. The predicted octanol–water partition coefficient (Wildman–Crippen LogP) is 5.29. The monoisotopic (exact) mass is 636 g/mol. The number of esters is 1. The molecule has 2 unspecified atom stereocenters. The number of carboxylic acid groups (broad SMARTS) is 1. The molecule has 0 radical (unpaired) electrons. The van der Waals surface area contributed by atoms with Crippen LogP contribution in [0.2, 0.25) is 0 Å². The fourth-order valence-corrected chi connectivity index (χ4v) is 9.26. The van der Waals surface area contributed by atoms with E-state index in [1.807, 2.05) is 0 Å². The Bertz CT molecular complexity index is 1620. The maximum Gasteiger partial charge on any atom is 0.317 e. The molecule has 4 saturated carbocycles. The molecule has 4 aliphatic rings. The van der Waals surface area contributed by atoms with Gasteiger partial charge in [0, 0.05) is 42.2 Å². The average molecular weight is 637 g/mol. The Balaban J connectivity index is 1.51. The number of ketones is 1. The van der Waals surface area contributed by atoms with Crippen molar-refractivity contribution in [2.75, 3.05) is 7.11 Å². The lowest BCUT2D eigenvalue weighted by atomic mass is 9.49. The Morgan fingerprint density at radius 3 is 1.75 bits per heavy atom. The van der Waals surface area contributed by atoms with E-state index in [1.54, 1.807) is 0 Å². The third-order valence-electron chi connectivity index (χ3n) is 8.72. The molecule has 44 heavy (non-hydrogen) atoms. The summed E-state index contributed by atoms with van der Waals surface area (Å²) in [4.78, 5) is 37.3. The van der Waals surface area contributed by atoms with E-state index < -0.39 is 83.4 Å². The van der Waals surface area contributed by atoms with E-state index in [1.165, 1.54) is 0 Å². The van der Waals surface area contributed by atoms with E-state index in [4.69, 9.17) is 9.47 Å². The fourth-order valence-electron chi connectivity index (χ4n) is 7.00. The molecular weight excluding hydrogens is 614 g/mol. The summed E-state index contributed by atoms with van der Waals surface area (Å²) in [6, 6.07) is 3.91. The average Bonchev–Trinajstić information content (AvgIpc) is 2.96. The molecule has 0 aromatic heterocycles. The lowest BCUT2D eigenvalue weighted by molar-refractivity contribution is -0.255. The van der Waals surface area contributed by atoms with Crippen LogP contribution in [0.3, 0.4) is 0 Å². The highest BCUT2D eigenvalue weighted by Crippen LogP contribution is 2.59. The molecule has 230 valence electrons. The molecule has 0 spiro atoms. The van der Waals surface area contributed by atoms with E-state index in [0.29, 0.717) is 43.5 Å². The van der Waals surface area contributed by atoms with Crippen LogP contribution in [0.15, 0.2) is 51.1 Å². The van der Waals surface area contributed by atoms with Crippen LogP contribution >= 0.6 is 0 Å². The zero-order valence-corrected chi connectivity index (χ0v) is 23.7. The second kappa shape index (κ2) is 10.9. The van der Waals surface area contributed by atoms with Crippen LogP contribution in [0, 0.1) is 58.1 Å². The first kappa shape index (κ1) is 30.0. The van der Waals surface area contributed by atoms with Crippen molar-refractivity contribution in [3.63, 3.8) is 0 Å².